The van der Waals surface area contributed by atoms with Crippen LogP contribution in [-0.2, 0) is 9.59 Å². The van der Waals surface area contributed by atoms with Gasteiger partial charge in [0, 0.05) is 22.8 Å². The third kappa shape index (κ3) is 5.22. The maximum Gasteiger partial charge on any atom is 1.00 e. The van der Waals surface area contributed by atoms with Crippen molar-refractivity contribution in [2.75, 3.05) is 0 Å². The van der Waals surface area contributed by atoms with Gasteiger partial charge in [-0.2, -0.15) is 0 Å². The first-order valence-corrected chi connectivity index (χ1v) is 6.25. The van der Waals surface area contributed by atoms with Gasteiger partial charge in [0.1, 0.15) is 0 Å². The van der Waals surface area contributed by atoms with E-state index in [0.717, 1.165) is 0 Å². The summed E-state index contributed by atoms with van der Waals surface area (Å²) in [6, 6.07) is 0. The fourth-order valence-electron chi connectivity index (χ4n) is 2.66. The van der Waals surface area contributed by atoms with E-state index in [1.165, 1.54) is 24.3 Å². The summed E-state index contributed by atoms with van der Waals surface area (Å²) in [7, 11) is 0. The van der Waals surface area contributed by atoms with Crippen molar-refractivity contribution in [3.05, 3.63) is 50.6 Å². The molecular weight excluding hydrogens is 302 g/mol. The molecule has 0 saturated heterocycles. The number of allylic oxidation sites excluding steroid dienone is 4. The number of carboxylic acids is 2. The van der Waals surface area contributed by atoms with Gasteiger partial charge in [-0.1, -0.05) is 24.3 Å². The Morgan fingerprint density at radius 1 is 0.682 bits per heavy atom. The predicted octanol–water partition coefficient (Wildman–Crippen LogP) is -5.23. The zero-order chi connectivity index (χ0) is 15.8. The van der Waals surface area contributed by atoms with E-state index in [1.54, 1.807) is 0 Å². The number of aliphatic carboxylic acids is 2. The Bertz CT molecular complexity index is 370. The maximum absolute atomic E-state index is 11.7. The number of carbonyl (C=O) groups excluding carboxylic acids is 2. The van der Waals surface area contributed by atoms with Crippen LogP contribution in [0.3, 0.4) is 0 Å². The molecule has 0 N–H and O–H groups in total. The van der Waals surface area contributed by atoms with Crippen molar-refractivity contribution in [2.45, 2.75) is 25.7 Å². The minimum absolute atomic E-state index is 0. The monoisotopic (exact) mass is 322 g/mol. The van der Waals surface area contributed by atoms with Crippen LogP contribution >= 0.6 is 0 Å². The van der Waals surface area contributed by atoms with E-state index >= 15 is 0 Å². The van der Waals surface area contributed by atoms with Crippen molar-refractivity contribution in [3.8, 4) is 0 Å². The molecule has 0 unspecified atom stereocenters. The molecule has 4 nitrogen and oxygen atoms in total. The summed E-state index contributed by atoms with van der Waals surface area (Å²) in [5, 5.41) is 23.5. The van der Waals surface area contributed by atoms with E-state index in [-0.39, 0.29) is 84.8 Å². The second-order valence-corrected chi connectivity index (χ2v) is 4.71. The molecule has 0 aromatic heterocycles. The minimum atomic E-state index is -1.70. The molecule has 110 valence electrons. The number of rotatable bonds is 11. The third-order valence-corrected chi connectivity index (χ3v) is 3.67. The quantitative estimate of drug-likeness (QED) is 0.281. The van der Waals surface area contributed by atoms with Crippen LogP contribution in [0.25, 0.3) is 0 Å². The van der Waals surface area contributed by atoms with E-state index in [4.69, 9.17) is 0 Å². The van der Waals surface area contributed by atoms with Gasteiger partial charge in [0.25, 0.3) is 0 Å². The second kappa shape index (κ2) is 12.3. The van der Waals surface area contributed by atoms with Crippen molar-refractivity contribution in [3.63, 3.8) is 0 Å². The molecule has 0 aromatic carbocycles. The van der Waals surface area contributed by atoms with Crippen molar-refractivity contribution in [1.29, 1.82) is 0 Å². The van der Waals surface area contributed by atoms with Gasteiger partial charge in [-0.05, 0) is 25.7 Å². The number of carbonyl (C=O) groups is 2. The molecule has 0 saturated carbocycles. The van der Waals surface area contributed by atoms with Gasteiger partial charge in [-0.3, -0.25) is 0 Å². The van der Waals surface area contributed by atoms with Gasteiger partial charge in [0.15, 0.2) is 0 Å². The molecule has 0 aliphatic heterocycles. The van der Waals surface area contributed by atoms with Crippen LogP contribution in [0.15, 0.2) is 50.6 Å². The standard InChI is InChI=1S/C16H22O4.2Na/c1-5-9-15(10-6-2,13(17)18)16(11-7-3,12-8-4)14(19)20;;/h5-8H,1-4,9-12H2,(H,17,18)(H,19,20);;/q;2*+1/p-2. The van der Waals surface area contributed by atoms with Gasteiger partial charge in [-0.25, -0.2) is 0 Å². The molecule has 0 spiro atoms. The Morgan fingerprint density at radius 2 is 0.864 bits per heavy atom. The SMILES string of the molecule is C=CCC(CC=C)(C(=O)[O-])C(CC=C)(CC=C)C(=O)[O-].[Na+].[Na+]. The summed E-state index contributed by atoms with van der Waals surface area (Å²) >= 11 is 0. The predicted molar refractivity (Wildman–Crippen MR) is 74.1 cm³/mol. The number of hydrogen-bond acceptors (Lipinski definition) is 4. The first-order valence-electron chi connectivity index (χ1n) is 6.25. The van der Waals surface area contributed by atoms with Crippen LogP contribution in [0.4, 0.5) is 0 Å². The van der Waals surface area contributed by atoms with Crippen molar-refractivity contribution in [1.82, 2.24) is 0 Å². The molecular formula is C16H20Na2O4. The van der Waals surface area contributed by atoms with Crippen molar-refractivity contribution < 1.29 is 78.9 Å². The van der Waals surface area contributed by atoms with E-state index in [0.29, 0.717) is 0 Å². The van der Waals surface area contributed by atoms with E-state index in [9.17, 15) is 19.8 Å². The molecule has 0 atom stereocenters. The molecule has 0 amide bonds. The fraction of sp³-hybridized carbons (Fsp3) is 0.375. The molecule has 0 bridgehead atoms. The van der Waals surface area contributed by atoms with Gasteiger partial charge >= 0.3 is 59.1 Å². The molecule has 6 heteroatoms. The summed E-state index contributed by atoms with van der Waals surface area (Å²) in [5.74, 6) is -2.93. The number of hydrogen-bond donors (Lipinski definition) is 0. The Labute approximate surface area is 176 Å². The summed E-state index contributed by atoms with van der Waals surface area (Å²) in [6.07, 6.45) is 5.17. The Hall–Kier alpha value is -0.1000. The topological polar surface area (TPSA) is 80.3 Å². The summed E-state index contributed by atoms with van der Waals surface area (Å²) in [4.78, 5) is 23.5. The normalized spacial score (nSPS) is 10.4. The number of carboxylic acid groups (broad SMARTS) is 2. The minimum Gasteiger partial charge on any atom is -0.549 e. The van der Waals surface area contributed by atoms with E-state index < -0.39 is 22.8 Å². The molecule has 0 rings (SSSR count). The third-order valence-electron chi connectivity index (χ3n) is 3.67. The largest absolute Gasteiger partial charge is 1.00 e. The Kier molecular flexibility index (Phi) is 15.0. The first kappa shape index (κ1) is 26.8. The average Bonchev–Trinajstić information content (AvgIpc) is 2.37. The Balaban J connectivity index is -0.00000180. The average molecular weight is 322 g/mol. The van der Waals surface area contributed by atoms with Crippen LogP contribution in [0.2, 0.25) is 0 Å². The summed E-state index contributed by atoms with van der Waals surface area (Å²) in [6.45, 7) is 14.1. The second-order valence-electron chi connectivity index (χ2n) is 4.71. The molecule has 0 aliphatic rings. The molecule has 0 fully saturated rings. The van der Waals surface area contributed by atoms with Gasteiger partial charge in [0.05, 0.1) is 0 Å². The van der Waals surface area contributed by atoms with Crippen LogP contribution in [-0.4, -0.2) is 11.9 Å². The smallest absolute Gasteiger partial charge is 0.549 e. The van der Waals surface area contributed by atoms with Crippen LogP contribution < -0.4 is 69.3 Å². The summed E-state index contributed by atoms with van der Waals surface area (Å²) < 4.78 is 0. The van der Waals surface area contributed by atoms with Crippen LogP contribution in [0, 0.1) is 10.8 Å². The van der Waals surface area contributed by atoms with Gasteiger partial charge in [-0.15, -0.1) is 26.3 Å². The molecule has 0 radical (unpaired) electrons. The van der Waals surface area contributed by atoms with Crippen molar-refractivity contribution in [2.24, 2.45) is 10.8 Å². The van der Waals surface area contributed by atoms with Gasteiger partial charge < -0.3 is 19.8 Å². The molecule has 0 heterocycles. The first-order chi connectivity index (χ1) is 9.38. The molecule has 0 aromatic rings. The van der Waals surface area contributed by atoms with Gasteiger partial charge in [0.2, 0.25) is 0 Å². The summed E-state index contributed by atoms with van der Waals surface area (Å²) in [5.41, 5.74) is -3.39. The van der Waals surface area contributed by atoms with Crippen molar-refractivity contribution >= 4 is 11.9 Å². The fourth-order valence-corrected chi connectivity index (χ4v) is 2.66. The van der Waals surface area contributed by atoms with E-state index in [1.807, 2.05) is 0 Å². The molecule has 22 heavy (non-hydrogen) atoms. The maximum atomic E-state index is 11.7. The Morgan fingerprint density at radius 3 is 0.955 bits per heavy atom. The van der Waals surface area contributed by atoms with E-state index in [2.05, 4.69) is 26.3 Å². The zero-order valence-corrected chi connectivity index (χ0v) is 17.6. The van der Waals surface area contributed by atoms with Crippen LogP contribution in [0.5, 0.6) is 0 Å². The molecule has 0 aliphatic carbocycles. The zero-order valence-electron chi connectivity index (χ0n) is 13.6. The van der Waals surface area contributed by atoms with Crippen LogP contribution in [0.1, 0.15) is 25.7 Å².